The SMILES string of the molecule is CC(CC(=O)O)N(C)C(=O)CCc1ccccn1. The molecule has 0 saturated heterocycles. The summed E-state index contributed by atoms with van der Waals surface area (Å²) in [6, 6.07) is 5.28. The second kappa shape index (κ2) is 6.74. The van der Waals surface area contributed by atoms with Crippen LogP contribution < -0.4 is 0 Å². The quantitative estimate of drug-likeness (QED) is 0.827. The molecule has 1 heterocycles. The van der Waals surface area contributed by atoms with Gasteiger partial charge in [-0.25, -0.2) is 0 Å². The first-order chi connectivity index (χ1) is 8.50. The van der Waals surface area contributed by atoms with E-state index in [2.05, 4.69) is 4.98 Å². The molecule has 1 N–H and O–H groups in total. The molecular weight excluding hydrogens is 232 g/mol. The van der Waals surface area contributed by atoms with Crippen LogP contribution in [0.2, 0.25) is 0 Å². The maximum Gasteiger partial charge on any atom is 0.305 e. The fourth-order valence-corrected chi connectivity index (χ4v) is 1.59. The normalized spacial score (nSPS) is 11.9. The number of pyridine rings is 1. The average molecular weight is 250 g/mol. The largest absolute Gasteiger partial charge is 0.481 e. The first-order valence-corrected chi connectivity index (χ1v) is 5.88. The zero-order valence-electron chi connectivity index (χ0n) is 10.7. The molecule has 1 rings (SSSR count). The Morgan fingerprint density at radius 3 is 2.72 bits per heavy atom. The van der Waals surface area contributed by atoms with E-state index in [1.807, 2.05) is 18.2 Å². The molecule has 1 amide bonds. The molecule has 0 bridgehead atoms. The molecule has 98 valence electrons. The van der Waals surface area contributed by atoms with Gasteiger partial charge in [0.1, 0.15) is 0 Å². The number of carboxylic acid groups (broad SMARTS) is 1. The lowest BCUT2D eigenvalue weighted by Gasteiger charge is -2.23. The molecule has 0 aromatic carbocycles. The van der Waals surface area contributed by atoms with Crippen LogP contribution in [0.25, 0.3) is 0 Å². The van der Waals surface area contributed by atoms with E-state index in [4.69, 9.17) is 5.11 Å². The number of nitrogens with zero attached hydrogens (tertiary/aromatic N) is 2. The minimum absolute atomic E-state index is 0.0359. The van der Waals surface area contributed by atoms with Crippen molar-refractivity contribution < 1.29 is 14.7 Å². The first kappa shape index (κ1) is 14.2. The van der Waals surface area contributed by atoms with Crippen LogP contribution in [0.4, 0.5) is 0 Å². The van der Waals surface area contributed by atoms with Gasteiger partial charge in [-0.3, -0.25) is 14.6 Å². The van der Waals surface area contributed by atoms with Gasteiger partial charge in [-0.1, -0.05) is 6.07 Å². The minimum Gasteiger partial charge on any atom is -0.481 e. The molecule has 0 fully saturated rings. The van der Waals surface area contributed by atoms with Gasteiger partial charge >= 0.3 is 5.97 Å². The molecule has 0 saturated carbocycles. The summed E-state index contributed by atoms with van der Waals surface area (Å²) in [5, 5.41) is 8.67. The Balaban J connectivity index is 2.43. The number of hydrogen-bond donors (Lipinski definition) is 1. The molecule has 5 heteroatoms. The number of amides is 1. The first-order valence-electron chi connectivity index (χ1n) is 5.88. The Bertz CT molecular complexity index is 406. The third-order valence-corrected chi connectivity index (χ3v) is 2.85. The molecule has 0 radical (unpaired) electrons. The molecule has 1 atom stereocenters. The Hall–Kier alpha value is -1.91. The van der Waals surface area contributed by atoms with E-state index in [1.165, 1.54) is 4.90 Å². The highest BCUT2D eigenvalue weighted by molar-refractivity contribution is 5.77. The van der Waals surface area contributed by atoms with Gasteiger partial charge in [-0.15, -0.1) is 0 Å². The maximum atomic E-state index is 11.8. The summed E-state index contributed by atoms with van der Waals surface area (Å²) in [6.45, 7) is 1.73. The van der Waals surface area contributed by atoms with E-state index >= 15 is 0 Å². The van der Waals surface area contributed by atoms with Gasteiger partial charge in [0.05, 0.1) is 6.42 Å². The van der Waals surface area contributed by atoms with Gasteiger partial charge in [-0.2, -0.15) is 0 Å². The van der Waals surface area contributed by atoms with Gasteiger partial charge in [0.25, 0.3) is 0 Å². The fourth-order valence-electron chi connectivity index (χ4n) is 1.59. The number of carbonyl (C=O) groups is 2. The Morgan fingerprint density at radius 1 is 1.44 bits per heavy atom. The van der Waals surface area contributed by atoms with Crippen molar-refractivity contribution in [3.8, 4) is 0 Å². The van der Waals surface area contributed by atoms with Crippen molar-refractivity contribution in [1.82, 2.24) is 9.88 Å². The van der Waals surface area contributed by atoms with Crippen molar-refractivity contribution >= 4 is 11.9 Å². The van der Waals surface area contributed by atoms with Gasteiger partial charge in [0.2, 0.25) is 5.91 Å². The summed E-state index contributed by atoms with van der Waals surface area (Å²) in [4.78, 5) is 28.0. The smallest absolute Gasteiger partial charge is 0.305 e. The van der Waals surface area contributed by atoms with E-state index in [9.17, 15) is 9.59 Å². The maximum absolute atomic E-state index is 11.8. The number of aliphatic carboxylic acids is 1. The second-order valence-electron chi connectivity index (χ2n) is 4.27. The summed E-state index contributed by atoms with van der Waals surface area (Å²) in [6.07, 6.45) is 2.57. The third kappa shape index (κ3) is 4.53. The summed E-state index contributed by atoms with van der Waals surface area (Å²) in [7, 11) is 1.63. The molecule has 1 aromatic heterocycles. The van der Waals surface area contributed by atoms with E-state index in [0.29, 0.717) is 12.8 Å². The highest BCUT2D eigenvalue weighted by Gasteiger charge is 2.17. The third-order valence-electron chi connectivity index (χ3n) is 2.85. The van der Waals surface area contributed by atoms with E-state index in [1.54, 1.807) is 20.2 Å². The molecule has 1 unspecified atom stereocenters. The molecule has 0 aliphatic heterocycles. The number of hydrogen-bond acceptors (Lipinski definition) is 3. The number of carbonyl (C=O) groups excluding carboxylic acids is 1. The molecule has 5 nitrogen and oxygen atoms in total. The molecule has 0 spiro atoms. The minimum atomic E-state index is -0.896. The highest BCUT2D eigenvalue weighted by Crippen LogP contribution is 2.06. The number of rotatable bonds is 6. The van der Waals surface area contributed by atoms with Crippen LogP contribution in [0.5, 0.6) is 0 Å². The zero-order valence-corrected chi connectivity index (χ0v) is 10.7. The van der Waals surface area contributed by atoms with Crippen LogP contribution in [0.1, 0.15) is 25.5 Å². The van der Waals surface area contributed by atoms with Crippen molar-refractivity contribution in [2.24, 2.45) is 0 Å². The molecule has 18 heavy (non-hydrogen) atoms. The predicted molar refractivity (Wildman–Crippen MR) is 67.0 cm³/mol. The van der Waals surface area contributed by atoms with E-state index in [-0.39, 0.29) is 18.4 Å². The van der Waals surface area contributed by atoms with E-state index < -0.39 is 5.97 Å². The van der Waals surface area contributed by atoms with Crippen LogP contribution in [0.15, 0.2) is 24.4 Å². The molecule has 0 aliphatic rings. The van der Waals surface area contributed by atoms with Crippen molar-refractivity contribution in [3.63, 3.8) is 0 Å². The lowest BCUT2D eigenvalue weighted by Crippen LogP contribution is -2.36. The van der Waals surface area contributed by atoms with Crippen molar-refractivity contribution in [2.45, 2.75) is 32.2 Å². The van der Waals surface area contributed by atoms with Crippen molar-refractivity contribution in [2.75, 3.05) is 7.05 Å². The van der Waals surface area contributed by atoms with Gasteiger partial charge in [0, 0.05) is 31.4 Å². The zero-order chi connectivity index (χ0) is 13.5. The summed E-state index contributed by atoms with van der Waals surface area (Å²) in [5.41, 5.74) is 0.866. The standard InChI is InChI=1S/C13H18N2O3/c1-10(9-13(17)18)15(2)12(16)7-6-11-5-3-4-8-14-11/h3-5,8,10H,6-7,9H2,1-2H3,(H,17,18). The number of carboxylic acids is 1. The monoisotopic (exact) mass is 250 g/mol. The van der Waals surface area contributed by atoms with Crippen LogP contribution in [-0.2, 0) is 16.0 Å². The number of aryl methyl sites for hydroxylation is 1. The van der Waals surface area contributed by atoms with Crippen LogP contribution >= 0.6 is 0 Å². The van der Waals surface area contributed by atoms with Crippen LogP contribution in [0.3, 0.4) is 0 Å². The molecule has 0 aliphatic carbocycles. The lowest BCUT2D eigenvalue weighted by atomic mass is 10.1. The van der Waals surface area contributed by atoms with Crippen molar-refractivity contribution in [3.05, 3.63) is 30.1 Å². The highest BCUT2D eigenvalue weighted by atomic mass is 16.4. The van der Waals surface area contributed by atoms with E-state index in [0.717, 1.165) is 5.69 Å². The summed E-state index contributed by atoms with van der Waals surface area (Å²) in [5.74, 6) is -0.957. The second-order valence-corrected chi connectivity index (χ2v) is 4.27. The lowest BCUT2D eigenvalue weighted by molar-refractivity contribution is -0.139. The predicted octanol–water partition coefficient (Wildman–Crippen LogP) is 1.34. The topological polar surface area (TPSA) is 70.5 Å². The summed E-state index contributed by atoms with van der Waals surface area (Å²) >= 11 is 0. The fraction of sp³-hybridized carbons (Fsp3) is 0.462. The van der Waals surface area contributed by atoms with Gasteiger partial charge < -0.3 is 10.0 Å². The number of aromatic nitrogens is 1. The molecular formula is C13H18N2O3. The van der Waals surface area contributed by atoms with Crippen LogP contribution in [-0.4, -0.2) is 40.0 Å². The van der Waals surface area contributed by atoms with Gasteiger partial charge in [0.15, 0.2) is 0 Å². The Labute approximate surface area is 106 Å². The van der Waals surface area contributed by atoms with Crippen LogP contribution in [0, 0.1) is 0 Å². The van der Waals surface area contributed by atoms with Crippen molar-refractivity contribution in [1.29, 1.82) is 0 Å². The Morgan fingerprint density at radius 2 is 2.17 bits per heavy atom. The Kier molecular flexibility index (Phi) is 5.30. The molecule has 1 aromatic rings. The summed E-state index contributed by atoms with van der Waals surface area (Å²) < 4.78 is 0. The average Bonchev–Trinajstić information content (AvgIpc) is 2.35. The van der Waals surface area contributed by atoms with Gasteiger partial charge in [-0.05, 0) is 25.5 Å².